The predicted octanol–water partition coefficient (Wildman–Crippen LogP) is 3.19. The summed E-state index contributed by atoms with van der Waals surface area (Å²) in [4.78, 5) is 3.29. The van der Waals surface area contributed by atoms with Crippen molar-refractivity contribution in [1.82, 2.24) is 4.90 Å². The van der Waals surface area contributed by atoms with Gasteiger partial charge in [-0.3, -0.25) is 0 Å². The van der Waals surface area contributed by atoms with Crippen LogP contribution in [-0.2, 0) is 16.6 Å². The van der Waals surface area contributed by atoms with Crippen LogP contribution in [0.25, 0.3) is 0 Å². The molecule has 19 heavy (non-hydrogen) atoms. The van der Waals surface area contributed by atoms with Crippen LogP contribution in [0.5, 0.6) is 0 Å². The van der Waals surface area contributed by atoms with Gasteiger partial charge in [-0.25, -0.2) is 0 Å². The average Bonchev–Trinajstić information content (AvgIpc) is 2.39. The van der Waals surface area contributed by atoms with Gasteiger partial charge in [0.05, 0.1) is 18.2 Å². The summed E-state index contributed by atoms with van der Waals surface area (Å²) in [5, 5.41) is 0. The van der Waals surface area contributed by atoms with Crippen molar-refractivity contribution in [3.63, 3.8) is 0 Å². The molecule has 0 N–H and O–H groups in total. The van der Waals surface area contributed by atoms with Gasteiger partial charge in [-0.1, -0.05) is 57.3 Å². The number of thiocarbonyl (C=S) groups is 1. The molecule has 0 spiro atoms. The van der Waals surface area contributed by atoms with Crippen LogP contribution in [0.3, 0.4) is 0 Å². The molecule has 1 saturated heterocycles. The molecule has 1 heterocycles. The zero-order valence-corrected chi connectivity index (χ0v) is 12.9. The molecule has 1 aliphatic rings. The summed E-state index contributed by atoms with van der Waals surface area (Å²) in [6.07, 6.45) is 0.861. The fraction of sp³-hybridized carbons (Fsp3) is 0.562. The molecule has 0 bridgehead atoms. The SMILES string of the molecule is CC(C)(C)c1ccc(CC(=S)N2CCOCC2)cc1. The zero-order chi connectivity index (χ0) is 13.9. The van der Waals surface area contributed by atoms with E-state index in [1.54, 1.807) is 0 Å². The highest BCUT2D eigenvalue weighted by Crippen LogP contribution is 2.22. The van der Waals surface area contributed by atoms with E-state index in [-0.39, 0.29) is 5.41 Å². The van der Waals surface area contributed by atoms with Crippen LogP contribution in [-0.4, -0.2) is 36.2 Å². The van der Waals surface area contributed by atoms with Crippen molar-refractivity contribution in [2.24, 2.45) is 0 Å². The Labute approximate surface area is 121 Å². The van der Waals surface area contributed by atoms with Crippen LogP contribution in [0.2, 0.25) is 0 Å². The Morgan fingerprint density at radius 1 is 1.16 bits per heavy atom. The number of nitrogens with zero attached hydrogens (tertiary/aromatic N) is 1. The third-order valence-electron chi connectivity index (χ3n) is 3.54. The first-order valence-corrected chi connectivity index (χ1v) is 7.32. The fourth-order valence-electron chi connectivity index (χ4n) is 2.22. The second kappa shape index (κ2) is 6.02. The van der Waals surface area contributed by atoms with Gasteiger partial charge in [0.1, 0.15) is 0 Å². The topological polar surface area (TPSA) is 12.5 Å². The molecule has 2 nitrogen and oxygen atoms in total. The number of morpholine rings is 1. The van der Waals surface area contributed by atoms with Crippen molar-refractivity contribution >= 4 is 17.2 Å². The maximum atomic E-state index is 5.53. The summed E-state index contributed by atoms with van der Waals surface area (Å²) in [6, 6.07) is 8.84. The minimum atomic E-state index is 0.212. The van der Waals surface area contributed by atoms with Gasteiger partial charge in [-0.2, -0.15) is 0 Å². The normalized spacial score (nSPS) is 16.5. The maximum absolute atomic E-state index is 5.53. The number of benzene rings is 1. The summed E-state index contributed by atoms with van der Waals surface area (Å²) in [6.45, 7) is 10.2. The minimum absolute atomic E-state index is 0.212. The highest BCUT2D eigenvalue weighted by atomic mass is 32.1. The minimum Gasteiger partial charge on any atom is -0.378 e. The van der Waals surface area contributed by atoms with Crippen molar-refractivity contribution < 1.29 is 4.74 Å². The first kappa shape index (κ1) is 14.5. The molecule has 1 aromatic carbocycles. The second-order valence-electron chi connectivity index (χ2n) is 6.12. The molecule has 1 aromatic rings. The number of hydrogen-bond acceptors (Lipinski definition) is 2. The lowest BCUT2D eigenvalue weighted by Gasteiger charge is -2.29. The van der Waals surface area contributed by atoms with Crippen molar-refractivity contribution in [2.45, 2.75) is 32.6 Å². The standard InChI is InChI=1S/C16H23NOS/c1-16(2,3)14-6-4-13(5-7-14)12-15(19)17-8-10-18-11-9-17/h4-7H,8-12H2,1-3H3. The lowest BCUT2D eigenvalue weighted by Crippen LogP contribution is -2.40. The Balaban J connectivity index is 1.97. The molecule has 0 atom stereocenters. The van der Waals surface area contributed by atoms with Crippen molar-refractivity contribution in [2.75, 3.05) is 26.3 Å². The molecule has 0 aliphatic carbocycles. The van der Waals surface area contributed by atoms with Gasteiger partial charge in [0.25, 0.3) is 0 Å². The van der Waals surface area contributed by atoms with Gasteiger partial charge < -0.3 is 9.64 Å². The van der Waals surface area contributed by atoms with Crippen molar-refractivity contribution in [3.05, 3.63) is 35.4 Å². The quantitative estimate of drug-likeness (QED) is 0.770. The van der Waals surface area contributed by atoms with Crippen molar-refractivity contribution in [3.8, 4) is 0 Å². The van der Waals surface area contributed by atoms with E-state index >= 15 is 0 Å². The molecule has 1 aliphatic heterocycles. The van der Waals surface area contributed by atoms with E-state index in [0.717, 1.165) is 37.7 Å². The van der Waals surface area contributed by atoms with Crippen LogP contribution in [0, 0.1) is 0 Å². The van der Waals surface area contributed by atoms with Gasteiger partial charge >= 0.3 is 0 Å². The molecular weight excluding hydrogens is 254 g/mol. The molecule has 2 rings (SSSR count). The van der Waals surface area contributed by atoms with Crippen LogP contribution >= 0.6 is 12.2 Å². The van der Waals surface area contributed by atoms with Crippen LogP contribution in [0.4, 0.5) is 0 Å². The maximum Gasteiger partial charge on any atom is 0.0825 e. The van der Waals surface area contributed by atoms with Gasteiger partial charge in [-0.05, 0) is 16.5 Å². The van der Waals surface area contributed by atoms with Crippen molar-refractivity contribution in [1.29, 1.82) is 0 Å². The molecular formula is C16H23NOS. The number of hydrogen-bond donors (Lipinski definition) is 0. The Hall–Kier alpha value is -0.930. The van der Waals surface area contributed by atoms with Gasteiger partial charge in [-0.15, -0.1) is 0 Å². The molecule has 104 valence electrons. The van der Waals surface area contributed by atoms with E-state index in [1.807, 2.05) is 0 Å². The summed E-state index contributed by atoms with van der Waals surface area (Å²) in [5.41, 5.74) is 2.88. The highest BCUT2D eigenvalue weighted by molar-refractivity contribution is 7.80. The van der Waals surface area contributed by atoms with E-state index in [4.69, 9.17) is 17.0 Å². The van der Waals surface area contributed by atoms with Crippen LogP contribution < -0.4 is 0 Å². The Bertz CT molecular complexity index is 427. The number of ether oxygens (including phenoxy) is 1. The van der Waals surface area contributed by atoms with Crippen LogP contribution in [0.1, 0.15) is 31.9 Å². The molecule has 3 heteroatoms. The summed E-state index contributed by atoms with van der Waals surface area (Å²) >= 11 is 5.53. The smallest absolute Gasteiger partial charge is 0.0825 e. The molecule has 1 fully saturated rings. The molecule has 0 unspecified atom stereocenters. The molecule has 0 aromatic heterocycles. The number of rotatable bonds is 2. The third kappa shape index (κ3) is 4.02. The zero-order valence-electron chi connectivity index (χ0n) is 12.1. The summed E-state index contributed by atoms with van der Waals surface area (Å²) in [7, 11) is 0. The second-order valence-corrected chi connectivity index (χ2v) is 6.59. The summed E-state index contributed by atoms with van der Waals surface area (Å²) < 4.78 is 5.35. The van der Waals surface area contributed by atoms with E-state index < -0.39 is 0 Å². The lowest BCUT2D eigenvalue weighted by molar-refractivity contribution is 0.0684. The predicted molar refractivity (Wildman–Crippen MR) is 83.8 cm³/mol. The van der Waals surface area contributed by atoms with E-state index in [2.05, 4.69) is 49.9 Å². The Morgan fingerprint density at radius 2 is 1.74 bits per heavy atom. The van der Waals surface area contributed by atoms with E-state index in [1.165, 1.54) is 11.1 Å². The largest absolute Gasteiger partial charge is 0.378 e. The molecule has 0 amide bonds. The summed E-state index contributed by atoms with van der Waals surface area (Å²) in [5.74, 6) is 0. The Kier molecular flexibility index (Phi) is 4.58. The van der Waals surface area contributed by atoms with Crippen LogP contribution in [0.15, 0.2) is 24.3 Å². The monoisotopic (exact) mass is 277 g/mol. The highest BCUT2D eigenvalue weighted by Gasteiger charge is 2.15. The Morgan fingerprint density at radius 3 is 2.26 bits per heavy atom. The van der Waals surface area contributed by atoms with E-state index in [9.17, 15) is 0 Å². The van der Waals surface area contributed by atoms with E-state index in [0.29, 0.717) is 0 Å². The molecule has 0 radical (unpaired) electrons. The third-order valence-corrected chi connectivity index (χ3v) is 3.94. The van der Waals surface area contributed by atoms with Gasteiger partial charge in [0.15, 0.2) is 0 Å². The first-order valence-electron chi connectivity index (χ1n) is 6.92. The fourth-order valence-corrected chi connectivity index (χ4v) is 2.57. The van der Waals surface area contributed by atoms with Gasteiger partial charge in [0.2, 0.25) is 0 Å². The first-order chi connectivity index (χ1) is 8.97. The molecule has 0 saturated carbocycles. The van der Waals surface area contributed by atoms with Gasteiger partial charge in [0, 0.05) is 19.5 Å². The average molecular weight is 277 g/mol. The lowest BCUT2D eigenvalue weighted by atomic mass is 9.86.